The number of nitrogens with zero attached hydrogens (tertiary/aromatic N) is 4. The number of rotatable bonds is 5. The molecular formula is C17H22N4OS. The number of amides is 1. The van der Waals surface area contributed by atoms with Gasteiger partial charge in [-0.3, -0.25) is 4.79 Å². The third-order valence-corrected chi connectivity index (χ3v) is 5.20. The lowest BCUT2D eigenvalue weighted by Crippen LogP contribution is -2.37. The number of para-hydroxylation sites is 1. The van der Waals surface area contributed by atoms with Crippen molar-refractivity contribution >= 4 is 23.4 Å². The molecule has 1 aromatic carbocycles. The maximum absolute atomic E-state index is 12.7. The minimum atomic E-state index is 0.132. The molecule has 2 heterocycles. The number of aryl methyl sites for hydroxylation is 1. The molecule has 1 unspecified atom stereocenters. The van der Waals surface area contributed by atoms with E-state index >= 15 is 0 Å². The molecule has 0 bridgehead atoms. The van der Waals surface area contributed by atoms with Crippen molar-refractivity contribution in [2.75, 3.05) is 10.7 Å². The van der Waals surface area contributed by atoms with Crippen molar-refractivity contribution < 1.29 is 4.79 Å². The number of carbonyl (C=O) groups is 1. The highest BCUT2D eigenvalue weighted by Gasteiger charge is 2.30. The van der Waals surface area contributed by atoms with Crippen LogP contribution >= 0.6 is 11.8 Å². The zero-order chi connectivity index (χ0) is 16.4. The van der Waals surface area contributed by atoms with E-state index in [0.717, 1.165) is 35.9 Å². The molecule has 0 fully saturated rings. The van der Waals surface area contributed by atoms with Crippen LogP contribution in [0.15, 0.2) is 29.4 Å². The molecule has 6 heteroatoms. The van der Waals surface area contributed by atoms with Crippen molar-refractivity contribution in [3.8, 4) is 0 Å². The average molecular weight is 330 g/mol. The summed E-state index contributed by atoms with van der Waals surface area (Å²) in [5.74, 6) is 1.49. The van der Waals surface area contributed by atoms with Gasteiger partial charge in [0.15, 0.2) is 5.16 Å². The number of benzene rings is 1. The van der Waals surface area contributed by atoms with E-state index in [1.807, 2.05) is 34.7 Å². The van der Waals surface area contributed by atoms with Crippen LogP contribution in [0.1, 0.15) is 31.7 Å². The zero-order valence-corrected chi connectivity index (χ0v) is 14.6. The highest BCUT2D eigenvalue weighted by molar-refractivity contribution is 7.99. The van der Waals surface area contributed by atoms with Gasteiger partial charge in [-0.2, -0.15) is 0 Å². The van der Waals surface area contributed by atoms with Crippen LogP contribution in [-0.4, -0.2) is 32.5 Å². The summed E-state index contributed by atoms with van der Waals surface area (Å²) in [6.07, 6.45) is 2.88. The lowest BCUT2D eigenvalue weighted by atomic mass is 10.1. The summed E-state index contributed by atoms with van der Waals surface area (Å²) in [5, 5.41) is 9.21. The van der Waals surface area contributed by atoms with Gasteiger partial charge in [-0.15, -0.1) is 10.2 Å². The van der Waals surface area contributed by atoms with Crippen LogP contribution in [0.2, 0.25) is 0 Å². The number of carbonyl (C=O) groups excluding carboxylic acids is 1. The minimum absolute atomic E-state index is 0.132. The third-order valence-electron chi connectivity index (χ3n) is 4.20. The van der Waals surface area contributed by atoms with E-state index < -0.39 is 0 Å². The van der Waals surface area contributed by atoms with Gasteiger partial charge in [0, 0.05) is 25.2 Å². The lowest BCUT2D eigenvalue weighted by molar-refractivity contribution is -0.116. The second kappa shape index (κ2) is 6.74. The van der Waals surface area contributed by atoms with E-state index in [1.165, 1.54) is 17.3 Å². The van der Waals surface area contributed by atoms with Crippen molar-refractivity contribution in [3.05, 3.63) is 35.7 Å². The Balaban J connectivity index is 1.68. The van der Waals surface area contributed by atoms with Crippen LogP contribution in [0.5, 0.6) is 0 Å². The second-order valence-corrected chi connectivity index (χ2v) is 6.88. The van der Waals surface area contributed by atoms with Crippen LogP contribution < -0.4 is 4.90 Å². The molecule has 5 nitrogen and oxygen atoms in total. The van der Waals surface area contributed by atoms with E-state index in [-0.39, 0.29) is 11.9 Å². The zero-order valence-electron chi connectivity index (χ0n) is 13.8. The van der Waals surface area contributed by atoms with Crippen molar-refractivity contribution in [3.63, 3.8) is 0 Å². The van der Waals surface area contributed by atoms with Gasteiger partial charge in [-0.25, -0.2) is 0 Å². The molecule has 1 aromatic heterocycles. The third kappa shape index (κ3) is 3.13. The highest BCUT2D eigenvalue weighted by atomic mass is 32.2. The first-order valence-corrected chi connectivity index (χ1v) is 9.01. The summed E-state index contributed by atoms with van der Waals surface area (Å²) in [6, 6.07) is 8.37. The Kier molecular flexibility index (Phi) is 4.71. The molecule has 0 spiro atoms. The monoisotopic (exact) mass is 330 g/mol. The van der Waals surface area contributed by atoms with E-state index in [9.17, 15) is 4.79 Å². The van der Waals surface area contributed by atoms with Gasteiger partial charge >= 0.3 is 0 Å². The fraction of sp³-hybridized carbons (Fsp3) is 0.471. The summed E-state index contributed by atoms with van der Waals surface area (Å²) < 4.78 is 1.99. The molecular weight excluding hydrogens is 308 g/mol. The standard InChI is InChI=1S/C17H22N4OS/c1-4-7-15-18-19-17(20(15)3)23-11-16(22)21-12(2)10-13-8-5-6-9-14(13)21/h5-6,8-9,12H,4,7,10-11H2,1-3H3. The van der Waals surface area contributed by atoms with E-state index in [0.29, 0.717) is 5.75 Å². The maximum Gasteiger partial charge on any atom is 0.237 e. The van der Waals surface area contributed by atoms with Crippen molar-refractivity contribution in [1.82, 2.24) is 14.8 Å². The molecule has 0 saturated heterocycles. The second-order valence-electron chi connectivity index (χ2n) is 5.94. The topological polar surface area (TPSA) is 51.0 Å². The number of fused-ring (bicyclic) bond motifs is 1. The van der Waals surface area contributed by atoms with Gasteiger partial charge < -0.3 is 9.47 Å². The SMILES string of the molecule is CCCc1nnc(SCC(=O)N2c3ccccc3CC2C)n1C. The Labute approximate surface area is 141 Å². The van der Waals surface area contributed by atoms with Crippen LogP contribution in [0.25, 0.3) is 0 Å². The molecule has 1 amide bonds. The molecule has 23 heavy (non-hydrogen) atoms. The summed E-state index contributed by atoms with van der Waals surface area (Å²) >= 11 is 1.46. The molecule has 0 radical (unpaired) electrons. The summed E-state index contributed by atoms with van der Waals surface area (Å²) in [4.78, 5) is 14.6. The Morgan fingerprint density at radius 2 is 2.13 bits per heavy atom. The Morgan fingerprint density at radius 1 is 1.35 bits per heavy atom. The van der Waals surface area contributed by atoms with Crippen LogP contribution in [-0.2, 0) is 24.7 Å². The van der Waals surface area contributed by atoms with E-state index in [2.05, 4.69) is 30.1 Å². The molecule has 0 aliphatic carbocycles. The van der Waals surface area contributed by atoms with Crippen LogP contribution in [0.3, 0.4) is 0 Å². The quantitative estimate of drug-likeness (QED) is 0.791. The van der Waals surface area contributed by atoms with Crippen molar-refractivity contribution in [2.45, 2.75) is 44.3 Å². The number of hydrogen-bond acceptors (Lipinski definition) is 4. The van der Waals surface area contributed by atoms with Gasteiger partial charge in [-0.05, 0) is 31.4 Å². The molecule has 1 atom stereocenters. The molecule has 0 N–H and O–H groups in total. The highest BCUT2D eigenvalue weighted by Crippen LogP contribution is 2.32. The molecule has 2 aromatic rings. The first kappa shape index (κ1) is 16.1. The average Bonchev–Trinajstić information content (AvgIpc) is 3.05. The Morgan fingerprint density at radius 3 is 2.91 bits per heavy atom. The summed E-state index contributed by atoms with van der Waals surface area (Å²) in [6.45, 7) is 4.22. The maximum atomic E-state index is 12.7. The number of hydrogen-bond donors (Lipinski definition) is 0. The lowest BCUT2D eigenvalue weighted by Gasteiger charge is -2.22. The Hall–Kier alpha value is -1.82. The van der Waals surface area contributed by atoms with Gasteiger partial charge in [0.2, 0.25) is 5.91 Å². The number of aromatic nitrogens is 3. The fourth-order valence-electron chi connectivity index (χ4n) is 3.05. The molecule has 122 valence electrons. The molecule has 3 rings (SSSR count). The van der Waals surface area contributed by atoms with Crippen LogP contribution in [0, 0.1) is 0 Å². The number of thioether (sulfide) groups is 1. The predicted molar refractivity (Wildman–Crippen MR) is 92.8 cm³/mol. The van der Waals surface area contributed by atoms with E-state index in [1.54, 1.807) is 0 Å². The van der Waals surface area contributed by atoms with Gasteiger partial charge in [0.25, 0.3) is 0 Å². The van der Waals surface area contributed by atoms with Gasteiger partial charge in [0.05, 0.1) is 5.75 Å². The minimum Gasteiger partial charge on any atom is -0.309 e. The fourth-order valence-corrected chi connectivity index (χ4v) is 3.84. The first-order chi connectivity index (χ1) is 11.1. The first-order valence-electron chi connectivity index (χ1n) is 8.02. The smallest absolute Gasteiger partial charge is 0.237 e. The molecule has 1 aliphatic rings. The summed E-state index contributed by atoms with van der Waals surface area (Å²) in [7, 11) is 1.96. The van der Waals surface area contributed by atoms with Gasteiger partial charge in [-0.1, -0.05) is 36.9 Å². The number of anilines is 1. The van der Waals surface area contributed by atoms with Gasteiger partial charge in [0.1, 0.15) is 5.82 Å². The largest absolute Gasteiger partial charge is 0.309 e. The van der Waals surface area contributed by atoms with Crippen molar-refractivity contribution in [1.29, 1.82) is 0 Å². The van der Waals surface area contributed by atoms with Crippen LogP contribution in [0.4, 0.5) is 5.69 Å². The predicted octanol–water partition coefficient (Wildman–Crippen LogP) is 2.84. The van der Waals surface area contributed by atoms with Crippen molar-refractivity contribution in [2.24, 2.45) is 7.05 Å². The molecule has 0 saturated carbocycles. The summed E-state index contributed by atoms with van der Waals surface area (Å²) in [5.41, 5.74) is 2.30. The van der Waals surface area contributed by atoms with E-state index in [4.69, 9.17) is 0 Å². The normalized spacial score (nSPS) is 16.7. The Bertz CT molecular complexity index is 712. The molecule has 1 aliphatic heterocycles.